The number of carboxylic acid groups (broad SMARTS) is 1. The second-order valence-corrected chi connectivity index (χ2v) is 12.0. The average Bonchev–Trinajstić information content (AvgIpc) is 3.38. The highest BCUT2D eigenvalue weighted by Crippen LogP contribution is 2.47. The Balaban J connectivity index is 1.52. The number of hydrogen-bond donors (Lipinski definition) is 1. The van der Waals surface area contributed by atoms with Gasteiger partial charge in [0.2, 0.25) is 5.91 Å². The fourth-order valence-electron chi connectivity index (χ4n) is 6.82. The Morgan fingerprint density at radius 3 is 2.34 bits per heavy atom. The summed E-state index contributed by atoms with van der Waals surface area (Å²) in [5, 5.41) is 10.1. The van der Waals surface area contributed by atoms with E-state index in [4.69, 9.17) is 0 Å². The topological polar surface area (TPSA) is 57.6 Å². The Morgan fingerprint density at radius 2 is 1.72 bits per heavy atom. The minimum atomic E-state index is -0.887. The van der Waals surface area contributed by atoms with E-state index in [9.17, 15) is 14.7 Å². The van der Waals surface area contributed by atoms with Crippen LogP contribution in [0.1, 0.15) is 105 Å². The number of anilines is 1. The predicted molar refractivity (Wildman–Crippen MR) is 130 cm³/mol. The molecule has 2 unspecified atom stereocenters. The first-order valence-electron chi connectivity index (χ1n) is 12.9. The molecule has 2 atom stereocenters. The minimum Gasteiger partial charge on any atom is -0.477 e. The van der Waals surface area contributed by atoms with Crippen molar-refractivity contribution < 1.29 is 14.7 Å². The monoisotopic (exact) mass is 455 g/mol. The molecule has 5 heteroatoms. The molecule has 32 heavy (non-hydrogen) atoms. The van der Waals surface area contributed by atoms with Crippen LogP contribution in [-0.2, 0) is 4.79 Å². The molecule has 0 aromatic carbocycles. The highest BCUT2D eigenvalue weighted by molar-refractivity contribution is 7.15. The van der Waals surface area contributed by atoms with Gasteiger partial charge in [0.1, 0.15) is 4.88 Å². The van der Waals surface area contributed by atoms with Crippen molar-refractivity contribution >= 4 is 34.5 Å². The van der Waals surface area contributed by atoms with E-state index in [1.807, 2.05) is 4.90 Å². The number of aromatic carboxylic acids is 1. The summed E-state index contributed by atoms with van der Waals surface area (Å²) >= 11 is 1.39. The Hall–Kier alpha value is -1.62. The van der Waals surface area contributed by atoms with Gasteiger partial charge in [-0.15, -0.1) is 11.3 Å². The summed E-state index contributed by atoms with van der Waals surface area (Å²) in [5.74, 6) is 1.46. The average molecular weight is 456 g/mol. The van der Waals surface area contributed by atoms with E-state index in [0.29, 0.717) is 28.3 Å². The highest BCUT2D eigenvalue weighted by Gasteiger charge is 2.42. The molecule has 174 valence electrons. The number of nitrogens with zero attached hydrogens (tertiary/aromatic N) is 1. The van der Waals surface area contributed by atoms with Gasteiger partial charge in [-0.25, -0.2) is 4.79 Å². The molecule has 1 N–H and O–H groups in total. The molecule has 1 amide bonds. The van der Waals surface area contributed by atoms with Gasteiger partial charge in [0.15, 0.2) is 0 Å². The van der Waals surface area contributed by atoms with Crippen molar-refractivity contribution in [1.82, 2.24) is 0 Å². The Labute approximate surface area is 196 Å². The van der Waals surface area contributed by atoms with E-state index < -0.39 is 5.97 Å². The maximum atomic E-state index is 14.0. The molecule has 4 aliphatic rings. The maximum Gasteiger partial charge on any atom is 0.348 e. The summed E-state index contributed by atoms with van der Waals surface area (Å²) in [6, 6.07) is 2.22. The normalized spacial score (nSPS) is 32.4. The molecule has 4 nitrogen and oxygen atoms in total. The lowest BCUT2D eigenvalue weighted by Crippen LogP contribution is -2.47. The number of rotatable bonds is 5. The van der Waals surface area contributed by atoms with Gasteiger partial charge in [0, 0.05) is 16.8 Å². The lowest BCUT2D eigenvalue weighted by molar-refractivity contribution is -0.124. The van der Waals surface area contributed by atoms with Crippen molar-refractivity contribution in [1.29, 1.82) is 0 Å². The molecule has 4 aliphatic carbocycles. The van der Waals surface area contributed by atoms with Crippen LogP contribution in [-0.4, -0.2) is 23.0 Å². The van der Waals surface area contributed by atoms with Crippen LogP contribution in [0.4, 0.5) is 5.69 Å². The van der Waals surface area contributed by atoms with Crippen LogP contribution < -0.4 is 4.90 Å². The van der Waals surface area contributed by atoms with E-state index in [1.54, 1.807) is 0 Å². The molecular weight excluding hydrogens is 418 g/mol. The summed E-state index contributed by atoms with van der Waals surface area (Å²) < 4.78 is 0. The number of thiophene rings is 1. The predicted octanol–water partition coefficient (Wildman–Crippen LogP) is 7.14. The first-order valence-corrected chi connectivity index (χ1v) is 13.7. The van der Waals surface area contributed by atoms with Gasteiger partial charge in [-0.2, -0.15) is 0 Å². The zero-order valence-corrected chi connectivity index (χ0v) is 20.2. The van der Waals surface area contributed by atoms with Crippen LogP contribution in [0.3, 0.4) is 0 Å². The fourth-order valence-corrected chi connectivity index (χ4v) is 7.87. The van der Waals surface area contributed by atoms with Gasteiger partial charge in [-0.1, -0.05) is 25.8 Å². The summed E-state index contributed by atoms with van der Waals surface area (Å²) in [4.78, 5) is 29.8. The van der Waals surface area contributed by atoms with E-state index in [-0.39, 0.29) is 17.9 Å². The van der Waals surface area contributed by atoms with E-state index in [0.717, 1.165) is 62.7 Å². The lowest BCUT2D eigenvalue weighted by atomic mass is 9.80. The molecule has 0 saturated heterocycles. The minimum absolute atomic E-state index is 0.0460. The molecule has 1 aromatic rings. The summed E-state index contributed by atoms with van der Waals surface area (Å²) in [6.45, 7) is 2.28. The quantitative estimate of drug-likeness (QED) is 0.513. The van der Waals surface area contributed by atoms with Crippen molar-refractivity contribution in [2.24, 2.45) is 23.7 Å². The van der Waals surface area contributed by atoms with Crippen LogP contribution in [0, 0.1) is 23.7 Å². The number of carbonyl (C=O) groups is 2. The Kier molecular flexibility index (Phi) is 6.46. The fraction of sp³-hybridized carbons (Fsp3) is 0.704. The number of carboxylic acids is 1. The van der Waals surface area contributed by atoms with Crippen LogP contribution in [0.2, 0.25) is 0 Å². The Bertz CT molecular complexity index is 883. The molecule has 3 fully saturated rings. The van der Waals surface area contributed by atoms with Gasteiger partial charge < -0.3 is 10.0 Å². The van der Waals surface area contributed by atoms with Gasteiger partial charge >= 0.3 is 5.97 Å². The van der Waals surface area contributed by atoms with E-state index >= 15 is 0 Å². The molecule has 1 heterocycles. The Morgan fingerprint density at radius 1 is 1.00 bits per heavy atom. The highest BCUT2D eigenvalue weighted by atomic mass is 32.1. The molecule has 0 spiro atoms. The van der Waals surface area contributed by atoms with Crippen molar-refractivity contribution in [3.63, 3.8) is 0 Å². The first-order chi connectivity index (χ1) is 15.5. The number of amides is 1. The summed E-state index contributed by atoms with van der Waals surface area (Å²) in [7, 11) is 0. The van der Waals surface area contributed by atoms with Gasteiger partial charge in [-0.3, -0.25) is 4.79 Å². The largest absolute Gasteiger partial charge is 0.477 e. The third-order valence-electron chi connectivity index (χ3n) is 8.60. The number of hydrogen-bond acceptors (Lipinski definition) is 3. The van der Waals surface area contributed by atoms with Gasteiger partial charge in [-0.05, 0) is 100 Å². The molecule has 0 radical (unpaired) electrons. The zero-order valence-electron chi connectivity index (χ0n) is 19.4. The summed E-state index contributed by atoms with van der Waals surface area (Å²) in [5.41, 5.74) is 1.97. The molecule has 2 bridgehead atoms. The first kappa shape index (κ1) is 22.2. The molecule has 5 rings (SSSR count). The van der Waals surface area contributed by atoms with Crippen LogP contribution in [0.15, 0.2) is 12.1 Å². The van der Waals surface area contributed by atoms with Gasteiger partial charge in [0.25, 0.3) is 0 Å². The molecular formula is C27H37NO3S. The standard InChI is InChI=1S/C27H37NO3S/c1-17-7-11-21(12-8-17)26(29)28(22-14-18-9-10-19(13-18)15-22)23-16-24(32-25(23)27(30)31)20-5-3-2-4-6-20/h5,16-19,21-22H,2-4,6-15H2,1H3,(H,30,31). The summed E-state index contributed by atoms with van der Waals surface area (Å²) in [6.07, 6.45) is 16.8. The molecule has 0 aliphatic heterocycles. The number of carbonyl (C=O) groups excluding carboxylic acids is 1. The van der Waals surface area contributed by atoms with Crippen molar-refractivity contribution in [3.8, 4) is 0 Å². The number of fused-ring (bicyclic) bond motifs is 2. The van der Waals surface area contributed by atoms with E-state index in [1.165, 1.54) is 42.6 Å². The third-order valence-corrected chi connectivity index (χ3v) is 9.79. The van der Waals surface area contributed by atoms with Crippen molar-refractivity contribution in [2.45, 2.75) is 96.4 Å². The number of allylic oxidation sites excluding steroid dienone is 2. The third kappa shape index (κ3) is 4.42. The van der Waals surface area contributed by atoms with Crippen LogP contribution in [0.5, 0.6) is 0 Å². The van der Waals surface area contributed by atoms with Crippen LogP contribution in [0.25, 0.3) is 5.57 Å². The molecule has 3 saturated carbocycles. The van der Waals surface area contributed by atoms with Gasteiger partial charge in [0.05, 0.1) is 5.69 Å². The maximum absolute atomic E-state index is 14.0. The molecule has 1 aromatic heterocycles. The SMILES string of the molecule is CC1CCC(C(=O)N(c2cc(C3=CCCCC3)sc2C(=O)O)C2CC3CCC(C3)C2)CC1. The van der Waals surface area contributed by atoms with Crippen LogP contribution >= 0.6 is 11.3 Å². The van der Waals surface area contributed by atoms with Crippen molar-refractivity contribution in [3.05, 3.63) is 21.9 Å². The second-order valence-electron chi connectivity index (χ2n) is 10.9. The van der Waals surface area contributed by atoms with Crippen molar-refractivity contribution in [2.75, 3.05) is 4.90 Å². The second kappa shape index (κ2) is 9.32. The zero-order chi connectivity index (χ0) is 22.2. The smallest absolute Gasteiger partial charge is 0.348 e. The van der Waals surface area contributed by atoms with E-state index in [2.05, 4.69) is 19.1 Å². The lowest BCUT2D eigenvalue weighted by Gasteiger charge is -2.40.